The van der Waals surface area contributed by atoms with Crippen molar-refractivity contribution in [3.8, 4) is 5.75 Å². The van der Waals surface area contributed by atoms with Gasteiger partial charge in [-0.1, -0.05) is 25.1 Å². The first-order valence-corrected chi connectivity index (χ1v) is 14.5. The van der Waals surface area contributed by atoms with Gasteiger partial charge in [-0.3, -0.25) is 9.52 Å². The molecular formula is C29H33FN4O6S. The lowest BCUT2D eigenvalue weighted by molar-refractivity contribution is 0.0371. The molecule has 3 amide bonds. The number of fused-ring (bicyclic) bond motifs is 1. The topological polar surface area (TPSA) is 128 Å². The van der Waals surface area contributed by atoms with Crippen molar-refractivity contribution in [3.63, 3.8) is 0 Å². The molecule has 12 heteroatoms. The van der Waals surface area contributed by atoms with Crippen LogP contribution in [-0.4, -0.2) is 74.2 Å². The Bertz CT molecular complexity index is 1490. The van der Waals surface area contributed by atoms with Crippen molar-refractivity contribution in [2.45, 2.75) is 30.9 Å². The van der Waals surface area contributed by atoms with E-state index in [9.17, 15) is 27.5 Å². The number of aliphatic hydroxyl groups excluding tert-OH is 1. The minimum absolute atomic E-state index is 0.0953. The Morgan fingerprint density at radius 1 is 1.12 bits per heavy atom. The number of hydrogen-bond donors (Lipinski definition) is 3. The second kappa shape index (κ2) is 12.6. The minimum atomic E-state index is -4.07. The Hall–Kier alpha value is -4.16. The molecule has 0 aromatic heterocycles. The highest BCUT2D eigenvalue weighted by atomic mass is 32.2. The number of carbonyl (C=O) groups excluding carboxylic acids is 2. The molecule has 4 rings (SSSR count). The highest BCUT2D eigenvalue weighted by molar-refractivity contribution is 7.92. The first-order chi connectivity index (χ1) is 19.5. The number of nitrogens with zero attached hydrogens (tertiary/aromatic N) is 2. The average molecular weight is 585 g/mol. The van der Waals surface area contributed by atoms with Gasteiger partial charge in [0.1, 0.15) is 17.7 Å². The number of aliphatic hydroxyl groups is 1. The Kier molecular flexibility index (Phi) is 9.14. The van der Waals surface area contributed by atoms with Crippen LogP contribution in [-0.2, 0) is 10.0 Å². The average Bonchev–Trinajstić information content (AvgIpc) is 2.95. The lowest BCUT2D eigenvalue weighted by atomic mass is 9.99. The van der Waals surface area contributed by atoms with Gasteiger partial charge < -0.3 is 25.0 Å². The molecule has 3 N–H and O–H groups in total. The van der Waals surface area contributed by atoms with E-state index in [4.69, 9.17) is 4.74 Å². The number of amides is 3. The quantitative estimate of drug-likeness (QED) is 0.367. The van der Waals surface area contributed by atoms with E-state index < -0.39 is 33.9 Å². The fourth-order valence-electron chi connectivity index (χ4n) is 4.42. The van der Waals surface area contributed by atoms with Gasteiger partial charge in [-0.25, -0.2) is 17.6 Å². The molecule has 1 aliphatic rings. The molecule has 0 fully saturated rings. The van der Waals surface area contributed by atoms with Crippen LogP contribution in [0.15, 0.2) is 77.7 Å². The van der Waals surface area contributed by atoms with Crippen molar-refractivity contribution >= 4 is 33.3 Å². The van der Waals surface area contributed by atoms with Gasteiger partial charge >= 0.3 is 6.03 Å². The van der Waals surface area contributed by atoms with Gasteiger partial charge in [0.2, 0.25) is 0 Å². The maximum Gasteiger partial charge on any atom is 0.321 e. The number of likely N-dealkylation sites (N-methyl/N-ethyl adjacent to an activating group) is 1. The van der Waals surface area contributed by atoms with Gasteiger partial charge in [0.15, 0.2) is 0 Å². The Balaban J connectivity index is 1.62. The van der Waals surface area contributed by atoms with Crippen molar-refractivity contribution in [3.05, 3.63) is 84.2 Å². The minimum Gasteiger partial charge on any atom is -0.487 e. The lowest BCUT2D eigenvalue weighted by Gasteiger charge is -2.38. The molecule has 1 aliphatic heterocycles. The summed E-state index contributed by atoms with van der Waals surface area (Å²) in [5.74, 6) is -1.03. The number of carbonyl (C=O) groups is 2. The van der Waals surface area contributed by atoms with Gasteiger partial charge in [-0.05, 0) is 61.5 Å². The van der Waals surface area contributed by atoms with Crippen LogP contribution in [0.1, 0.15) is 24.2 Å². The number of benzene rings is 3. The summed E-state index contributed by atoms with van der Waals surface area (Å²) in [7, 11) is -2.43. The molecule has 41 heavy (non-hydrogen) atoms. The summed E-state index contributed by atoms with van der Waals surface area (Å²) in [6.45, 7) is 3.74. The molecule has 0 spiro atoms. The molecule has 0 aliphatic carbocycles. The summed E-state index contributed by atoms with van der Waals surface area (Å²) in [6.07, 6.45) is -0.538. The Morgan fingerprint density at radius 2 is 1.80 bits per heavy atom. The van der Waals surface area contributed by atoms with Crippen molar-refractivity contribution < 1.29 is 32.2 Å². The zero-order valence-electron chi connectivity index (χ0n) is 23.0. The molecule has 3 atom stereocenters. The fraction of sp³-hybridized carbons (Fsp3) is 0.310. The Morgan fingerprint density at radius 3 is 2.46 bits per heavy atom. The number of hydrogen-bond acceptors (Lipinski definition) is 6. The standard InChI is InChI=1S/C29H33FN4O6S/c1-19-16-34(20(2)18-35)28(36)25-15-23(32-41(38,39)24-12-9-21(30)10-13-24)11-14-26(25)40-27(19)17-33(3)29(37)31-22-7-5-4-6-8-22/h4-15,19-20,27,32,35H,16-18H2,1-3H3,(H,31,37)/t19-,20-,27-/m1/s1. The summed E-state index contributed by atoms with van der Waals surface area (Å²) < 4.78 is 47.8. The summed E-state index contributed by atoms with van der Waals surface area (Å²) in [5.41, 5.74) is 0.842. The van der Waals surface area contributed by atoms with Gasteiger partial charge in [0.05, 0.1) is 29.7 Å². The van der Waals surface area contributed by atoms with Crippen LogP contribution < -0.4 is 14.8 Å². The van der Waals surface area contributed by atoms with Crippen molar-refractivity contribution in [2.75, 3.05) is 36.8 Å². The highest BCUT2D eigenvalue weighted by Crippen LogP contribution is 2.31. The van der Waals surface area contributed by atoms with E-state index in [1.54, 1.807) is 26.1 Å². The zero-order valence-corrected chi connectivity index (χ0v) is 23.8. The number of rotatable bonds is 8. The number of halogens is 1. The van der Waals surface area contributed by atoms with Crippen LogP contribution in [0.5, 0.6) is 5.75 Å². The van der Waals surface area contributed by atoms with Gasteiger partial charge in [-0.2, -0.15) is 0 Å². The number of nitrogens with one attached hydrogen (secondary N) is 2. The zero-order chi connectivity index (χ0) is 29.7. The number of urea groups is 1. The molecule has 0 saturated carbocycles. The van der Waals surface area contributed by atoms with Crippen LogP contribution in [0.2, 0.25) is 0 Å². The lowest BCUT2D eigenvalue weighted by Crippen LogP contribution is -2.50. The van der Waals surface area contributed by atoms with E-state index >= 15 is 0 Å². The van der Waals surface area contributed by atoms with Gasteiger partial charge in [-0.15, -0.1) is 0 Å². The van der Waals surface area contributed by atoms with E-state index in [0.29, 0.717) is 5.69 Å². The molecule has 1 heterocycles. The van der Waals surface area contributed by atoms with Crippen LogP contribution in [0.25, 0.3) is 0 Å². The van der Waals surface area contributed by atoms with E-state index in [2.05, 4.69) is 10.0 Å². The van der Waals surface area contributed by atoms with Crippen LogP contribution in [0.3, 0.4) is 0 Å². The SMILES string of the molecule is C[C@@H]1CN([C@H](C)CO)C(=O)c2cc(NS(=O)(=O)c3ccc(F)cc3)ccc2O[C@@H]1CN(C)C(=O)Nc1ccccc1. The summed E-state index contributed by atoms with van der Waals surface area (Å²) in [5, 5.41) is 12.7. The molecule has 0 unspecified atom stereocenters. The summed E-state index contributed by atoms with van der Waals surface area (Å²) in [4.78, 5) is 29.4. The van der Waals surface area contributed by atoms with E-state index in [0.717, 1.165) is 24.3 Å². The molecule has 3 aromatic carbocycles. The fourth-order valence-corrected chi connectivity index (χ4v) is 5.47. The first kappa shape index (κ1) is 29.8. The molecule has 3 aromatic rings. The van der Waals surface area contributed by atoms with E-state index in [-0.39, 0.29) is 53.5 Å². The van der Waals surface area contributed by atoms with Crippen molar-refractivity contribution in [1.29, 1.82) is 0 Å². The van der Waals surface area contributed by atoms with E-state index in [1.165, 1.54) is 28.0 Å². The summed E-state index contributed by atoms with van der Waals surface area (Å²) >= 11 is 0. The smallest absolute Gasteiger partial charge is 0.321 e. The largest absolute Gasteiger partial charge is 0.487 e. The third-order valence-corrected chi connectivity index (χ3v) is 8.26. The Labute approximate surface area is 238 Å². The number of ether oxygens (including phenoxy) is 1. The molecule has 0 radical (unpaired) electrons. The molecule has 10 nitrogen and oxygen atoms in total. The highest BCUT2D eigenvalue weighted by Gasteiger charge is 2.34. The van der Waals surface area contributed by atoms with E-state index in [1.807, 2.05) is 25.1 Å². The number of para-hydroxylation sites is 1. The van der Waals surface area contributed by atoms with Crippen LogP contribution >= 0.6 is 0 Å². The third-order valence-electron chi connectivity index (χ3n) is 6.87. The molecule has 0 bridgehead atoms. The normalized spacial score (nSPS) is 17.9. The van der Waals surface area contributed by atoms with Gasteiger partial charge in [0, 0.05) is 30.9 Å². The predicted molar refractivity (Wildman–Crippen MR) is 153 cm³/mol. The van der Waals surface area contributed by atoms with Crippen molar-refractivity contribution in [1.82, 2.24) is 9.80 Å². The van der Waals surface area contributed by atoms with Crippen LogP contribution in [0, 0.1) is 11.7 Å². The van der Waals surface area contributed by atoms with Crippen LogP contribution in [0.4, 0.5) is 20.6 Å². The predicted octanol–water partition coefficient (Wildman–Crippen LogP) is 4.01. The van der Waals surface area contributed by atoms with Crippen molar-refractivity contribution in [2.24, 2.45) is 5.92 Å². The molecule has 218 valence electrons. The number of anilines is 2. The maximum atomic E-state index is 13.6. The first-order valence-electron chi connectivity index (χ1n) is 13.1. The molecule has 0 saturated heterocycles. The maximum absolute atomic E-state index is 13.6. The second-order valence-electron chi connectivity index (χ2n) is 10.1. The van der Waals surface area contributed by atoms with Gasteiger partial charge in [0.25, 0.3) is 15.9 Å². The number of sulfonamides is 1. The third kappa shape index (κ3) is 7.14. The monoisotopic (exact) mass is 584 g/mol. The molecular weight excluding hydrogens is 551 g/mol. The summed E-state index contributed by atoms with van der Waals surface area (Å²) in [6, 6.07) is 16.8. The second-order valence-corrected chi connectivity index (χ2v) is 11.8.